The SMILES string of the molecule is [2H]c1c([2H])c([2H])c2c(c1[2H])c1c([2H])c([2H])c([2H])c([2H])c1n2-c1cc(-c2ccc(-c3ccc4ccccc4c3)cc2)cc(-c2nc(-c3ccccc3)nc(-c3ccccc3)n2)c1. The number of aromatic nitrogens is 4. The third-order valence-corrected chi connectivity index (χ3v) is 9.47. The summed E-state index contributed by atoms with van der Waals surface area (Å²) in [6, 6.07) is 43.9. The van der Waals surface area contributed by atoms with Crippen LogP contribution in [0.5, 0.6) is 0 Å². The van der Waals surface area contributed by atoms with Gasteiger partial charge < -0.3 is 4.57 Å². The number of nitrogens with zero attached hydrogens (tertiary/aromatic N) is 4. The number of hydrogen-bond acceptors (Lipinski definition) is 3. The summed E-state index contributed by atoms with van der Waals surface area (Å²) in [7, 11) is 0. The van der Waals surface area contributed by atoms with Crippen molar-refractivity contribution >= 4 is 32.6 Å². The normalized spacial score (nSPS) is 13.5. The average Bonchev–Trinajstić information content (AvgIpc) is 3.68. The van der Waals surface area contributed by atoms with Crippen LogP contribution < -0.4 is 0 Å². The highest BCUT2D eigenvalue weighted by atomic mass is 15.0. The molecule has 0 spiro atoms. The van der Waals surface area contributed by atoms with Crippen molar-refractivity contribution in [1.82, 2.24) is 19.5 Å². The number of hydrogen-bond donors (Lipinski definition) is 0. The summed E-state index contributed by atoms with van der Waals surface area (Å²) >= 11 is 0. The monoisotopic (exact) mass is 684 g/mol. The Labute approximate surface area is 318 Å². The molecule has 2 heterocycles. The first-order chi connectivity index (χ1) is 29.6. The second-order valence-electron chi connectivity index (χ2n) is 12.7. The molecule has 8 aromatic carbocycles. The van der Waals surface area contributed by atoms with Gasteiger partial charge in [-0.05, 0) is 69.4 Å². The molecule has 10 rings (SSSR count). The van der Waals surface area contributed by atoms with E-state index in [0.29, 0.717) is 34.3 Å². The van der Waals surface area contributed by atoms with Gasteiger partial charge in [0, 0.05) is 33.2 Å². The Morgan fingerprint density at radius 1 is 0.358 bits per heavy atom. The standard InChI is InChI=1S/C49H32N4/c1-3-14-36(15-4-1)47-50-48(37-16-5-2-6-17-37)52-49(51-47)41-30-40(35-25-23-34(24-26-35)39-28-27-33-13-7-8-18-38(33)29-39)31-42(32-41)53-45-21-11-9-19-43(45)44-20-10-12-22-46(44)53/h1-32H/i9D,10D,11D,12D,19D,20D,21D,22D. The van der Waals surface area contributed by atoms with Gasteiger partial charge in [0.2, 0.25) is 0 Å². The molecule has 0 aliphatic carbocycles. The molecule has 0 fully saturated rings. The highest BCUT2D eigenvalue weighted by molar-refractivity contribution is 6.09. The van der Waals surface area contributed by atoms with E-state index in [1.54, 1.807) is 6.07 Å². The van der Waals surface area contributed by atoms with E-state index >= 15 is 0 Å². The molecule has 2 aromatic heterocycles. The van der Waals surface area contributed by atoms with E-state index < -0.39 is 36.3 Å². The van der Waals surface area contributed by atoms with Crippen LogP contribution in [0.1, 0.15) is 11.0 Å². The van der Waals surface area contributed by atoms with Gasteiger partial charge in [-0.3, -0.25) is 0 Å². The molecule has 10 aromatic rings. The topological polar surface area (TPSA) is 43.6 Å². The van der Waals surface area contributed by atoms with Crippen LogP contribution in [0.15, 0.2) is 194 Å². The van der Waals surface area contributed by atoms with Crippen LogP contribution >= 0.6 is 0 Å². The average molecular weight is 685 g/mol. The first-order valence-electron chi connectivity index (χ1n) is 21.2. The maximum absolute atomic E-state index is 9.17. The fraction of sp³-hybridized carbons (Fsp3) is 0. The Balaban J connectivity index is 1.27. The van der Waals surface area contributed by atoms with Crippen LogP contribution in [0.3, 0.4) is 0 Å². The molecule has 4 nitrogen and oxygen atoms in total. The van der Waals surface area contributed by atoms with Crippen molar-refractivity contribution < 1.29 is 11.0 Å². The molecule has 0 bridgehead atoms. The Kier molecular flexibility index (Phi) is 5.66. The van der Waals surface area contributed by atoms with Gasteiger partial charge in [-0.1, -0.05) is 158 Å². The van der Waals surface area contributed by atoms with Gasteiger partial charge in [0.15, 0.2) is 17.5 Å². The predicted octanol–water partition coefficient (Wildman–Crippen LogP) is 12.5. The van der Waals surface area contributed by atoms with Crippen molar-refractivity contribution in [3.63, 3.8) is 0 Å². The Bertz CT molecular complexity index is 3260. The predicted molar refractivity (Wildman–Crippen MR) is 219 cm³/mol. The lowest BCUT2D eigenvalue weighted by atomic mass is 9.97. The molecule has 0 radical (unpaired) electrons. The van der Waals surface area contributed by atoms with E-state index in [4.69, 9.17) is 23.2 Å². The Morgan fingerprint density at radius 3 is 1.43 bits per heavy atom. The molecular formula is C49H32N4. The van der Waals surface area contributed by atoms with E-state index in [-0.39, 0.29) is 33.9 Å². The number of fused-ring (bicyclic) bond motifs is 4. The third-order valence-electron chi connectivity index (χ3n) is 9.47. The minimum Gasteiger partial charge on any atom is -0.309 e. The van der Waals surface area contributed by atoms with Crippen molar-refractivity contribution in [2.45, 2.75) is 0 Å². The summed E-state index contributed by atoms with van der Waals surface area (Å²) in [4.78, 5) is 14.9. The van der Waals surface area contributed by atoms with Crippen LogP contribution in [0.25, 0.3) is 94.7 Å². The molecule has 0 unspecified atom stereocenters. The van der Waals surface area contributed by atoms with Crippen molar-refractivity contribution in [3.05, 3.63) is 194 Å². The van der Waals surface area contributed by atoms with Crippen LogP contribution in [0.2, 0.25) is 0 Å². The quantitative estimate of drug-likeness (QED) is 0.175. The number of para-hydroxylation sites is 2. The van der Waals surface area contributed by atoms with Crippen molar-refractivity contribution in [2.75, 3.05) is 0 Å². The molecule has 0 amide bonds. The van der Waals surface area contributed by atoms with Gasteiger partial charge in [-0.2, -0.15) is 0 Å². The highest BCUT2D eigenvalue weighted by Crippen LogP contribution is 2.37. The van der Waals surface area contributed by atoms with Crippen molar-refractivity contribution in [3.8, 4) is 62.1 Å². The van der Waals surface area contributed by atoms with Gasteiger partial charge >= 0.3 is 0 Å². The summed E-state index contributed by atoms with van der Waals surface area (Å²) in [6.45, 7) is 0. The minimum absolute atomic E-state index is 0.00224. The molecule has 0 N–H and O–H groups in total. The Morgan fingerprint density at radius 2 is 0.830 bits per heavy atom. The van der Waals surface area contributed by atoms with Gasteiger partial charge in [0.1, 0.15) is 0 Å². The molecule has 0 atom stereocenters. The zero-order valence-electron chi connectivity index (χ0n) is 36.1. The zero-order valence-corrected chi connectivity index (χ0v) is 28.1. The van der Waals surface area contributed by atoms with Crippen LogP contribution in [-0.2, 0) is 0 Å². The lowest BCUT2D eigenvalue weighted by Gasteiger charge is -2.15. The van der Waals surface area contributed by atoms with Crippen LogP contribution in [-0.4, -0.2) is 19.5 Å². The summed E-state index contributed by atoms with van der Waals surface area (Å²) in [5.74, 6) is 1.21. The maximum Gasteiger partial charge on any atom is 0.164 e. The van der Waals surface area contributed by atoms with Gasteiger partial charge in [0.05, 0.1) is 22.0 Å². The Hall–Kier alpha value is -7.17. The molecule has 0 aliphatic heterocycles. The summed E-state index contributed by atoms with van der Waals surface area (Å²) < 4.78 is 72.3. The second-order valence-corrected chi connectivity index (χ2v) is 12.7. The fourth-order valence-corrected chi connectivity index (χ4v) is 6.88. The second kappa shape index (κ2) is 12.9. The van der Waals surface area contributed by atoms with E-state index in [2.05, 4.69) is 30.3 Å². The largest absolute Gasteiger partial charge is 0.309 e. The smallest absolute Gasteiger partial charge is 0.164 e. The highest BCUT2D eigenvalue weighted by Gasteiger charge is 2.17. The summed E-state index contributed by atoms with van der Waals surface area (Å²) in [5, 5.41) is 2.27. The van der Waals surface area contributed by atoms with Gasteiger partial charge in [-0.25, -0.2) is 15.0 Å². The van der Waals surface area contributed by atoms with Crippen molar-refractivity contribution in [2.24, 2.45) is 0 Å². The molecule has 0 saturated carbocycles. The first kappa shape index (κ1) is 23.3. The van der Waals surface area contributed by atoms with E-state index in [9.17, 15) is 2.74 Å². The van der Waals surface area contributed by atoms with Crippen molar-refractivity contribution in [1.29, 1.82) is 0 Å². The maximum atomic E-state index is 9.17. The van der Waals surface area contributed by atoms with Gasteiger partial charge in [-0.15, -0.1) is 0 Å². The lowest BCUT2D eigenvalue weighted by Crippen LogP contribution is -2.01. The van der Waals surface area contributed by atoms with E-state index in [0.717, 1.165) is 38.6 Å². The first-order valence-corrected chi connectivity index (χ1v) is 17.2. The summed E-state index contributed by atoms with van der Waals surface area (Å²) in [6.07, 6.45) is 0. The lowest BCUT2D eigenvalue weighted by molar-refractivity contribution is 1.07. The van der Waals surface area contributed by atoms with E-state index in [1.807, 2.05) is 109 Å². The molecule has 0 saturated heterocycles. The number of benzene rings is 8. The minimum atomic E-state index is -0.503. The fourth-order valence-electron chi connectivity index (χ4n) is 6.88. The van der Waals surface area contributed by atoms with Gasteiger partial charge in [0.25, 0.3) is 0 Å². The molecular weight excluding hydrogens is 645 g/mol. The van der Waals surface area contributed by atoms with Crippen LogP contribution in [0.4, 0.5) is 0 Å². The molecule has 4 heteroatoms. The van der Waals surface area contributed by atoms with Crippen LogP contribution in [0, 0.1) is 0 Å². The van der Waals surface area contributed by atoms with E-state index in [1.165, 1.54) is 4.57 Å². The molecule has 248 valence electrons. The molecule has 0 aliphatic rings. The number of rotatable bonds is 6. The molecule has 53 heavy (non-hydrogen) atoms. The summed E-state index contributed by atoms with van der Waals surface area (Å²) in [5.41, 5.74) is 6.11. The zero-order chi connectivity index (χ0) is 42.1. The third kappa shape index (κ3) is 5.63.